The fourth-order valence-corrected chi connectivity index (χ4v) is 4.07. The van der Waals surface area contributed by atoms with Crippen LogP contribution in [0.3, 0.4) is 0 Å². The number of rotatable bonds is 5. The Morgan fingerprint density at radius 3 is 2.74 bits per heavy atom. The second-order valence-corrected chi connectivity index (χ2v) is 7.46. The number of nitrogens with zero attached hydrogens (tertiary/aromatic N) is 3. The Bertz CT molecular complexity index is 661. The van der Waals surface area contributed by atoms with Gasteiger partial charge in [0.1, 0.15) is 10.0 Å². The van der Waals surface area contributed by atoms with Gasteiger partial charge in [0.2, 0.25) is 0 Å². The topological polar surface area (TPSA) is 105 Å². The number of aromatic nitrogens is 3. The van der Waals surface area contributed by atoms with Gasteiger partial charge >= 0.3 is 0 Å². The molecule has 19 heavy (non-hydrogen) atoms. The molecule has 0 amide bonds. The van der Waals surface area contributed by atoms with Gasteiger partial charge in [-0.05, 0) is 19.1 Å². The Hall–Kier alpha value is -1.29. The van der Waals surface area contributed by atoms with Crippen molar-refractivity contribution in [1.82, 2.24) is 19.5 Å². The molecule has 0 aliphatic rings. The van der Waals surface area contributed by atoms with E-state index < -0.39 is 10.0 Å². The normalized spacial score (nSPS) is 12.2. The number of nitrogens with one attached hydrogen (secondary N) is 1. The Morgan fingerprint density at radius 2 is 2.21 bits per heavy atom. The van der Waals surface area contributed by atoms with Gasteiger partial charge in [0.15, 0.2) is 5.82 Å². The number of nitrogens with two attached hydrogens (primary N) is 1. The van der Waals surface area contributed by atoms with Gasteiger partial charge in [-0.3, -0.25) is 5.10 Å². The number of H-pyrrole nitrogens is 1. The summed E-state index contributed by atoms with van der Waals surface area (Å²) in [6.45, 7) is 2.23. The van der Waals surface area contributed by atoms with Crippen molar-refractivity contribution in [2.24, 2.45) is 5.73 Å². The molecule has 0 radical (unpaired) electrons. The first kappa shape index (κ1) is 14.1. The standard InChI is InChI=1S/C10H15N5O2S2/c1-7-12-9(14-13-7)6-15(2)19(16,17)10-4-3-8(5-11)18-10/h3-4H,5-6,11H2,1-2H3,(H,12,13,14). The molecule has 0 aromatic carbocycles. The summed E-state index contributed by atoms with van der Waals surface area (Å²) in [5.41, 5.74) is 5.49. The minimum atomic E-state index is -3.51. The van der Waals surface area contributed by atoms with Crippen LogP contribution in [0.15, 0.2) is 16.3 Å². The second-order valence-electron chi connectivity index (χ2n) is 4.02. The lowest BCUT2D eigenvalue weighted by Gasteiger charge is -2.13. The average Bonchev–Trinajstić information content (AvgIpc) is 2.98. The van der Waals surface area contributed by atoms with Gasteiger partial charge in [-0.1, -0.05) is 0 Å². The molecule has 0 saturated heterocycles. The van der Waals surface area contributed by atoms with E-state index in [9.17, 15) is 8.42 Å². The lowest BCUT2D eigenvalue weighted by atomic mass is 10.5. The fourth-order valence-electron chi connectivity index (χ4n) is 1.50. The molecule has 0 saturated carbocycles. The van der Waals surface area contributed by atoms with Crippen molar-refractivity contribution in [1.29, 1.82) is 0 Å². The van der Waals surface area contributed by atoms with Crippen LogP contribution < -0.4 is 5.73 Å². The van der Waals surface area contributed by atoms with Crippen molar-refractivity contribution in [3.63, 3.8) is 0 Å². The number of thiophene rings is 1. The molecule has 0 aliphatic heterocycles. The van der Waals surface area contributed by atoms with Gasteiger partial charge in [0.05, 0.1) is 6.54 Å². The van der Waals surface area contributed by atoms with E-state index in [0.29, 0.717) is 18.2 Å². The fraction of sp³-hybridized carbons (Fsp3) is 0.400. The van der Waals surface area contributed by atoms with Crippen LogP contribution in [-0.4, -0.2) is 35.0 Å². The largest absolute Gasteiger partial charge is 0.326 e. The van der Waals surface area contributed by atoms with Crippen LogP contribution in [0.2, 0.25) is 0 Å². The van der Waals surface area contributed by atoms with E-state index in [1.165, 1.54) is 22.7 Å². The monoisotopic (exact) mass is 301 g/mol. The van der Waals surface area contributed by atoms with Crippen LogP contribution in [0, 0.1) is 6.92 Å². The van der Waals surface area contributed by atoms with Crippen molar-refractivity contribution in [3.05, 3.63) is 28.7 Å². The third-order valence-electron chi connectivity index (χ3n) is 2.51. The molecule has 0 fully saturated rings. The van der Waals surface area contributed by atoms with Crippen LogP contribution >= 0.6 is 11.3 Å². The summed E-state index contributed by atoms with van der Waals surface area (Å²) in [6, 6.07) is 3.30. The van der Waals surface area contributed by atoms with Crippen LogP contribution in [0.5, 0.6) is 0 Å². The molecule has 0 bridgehead atoms. The molecule has 2 heterocycles. The zero-order valence-corrected chi connectivity index (χ0v) is 12.3. The van der Waals surface area contributed by atoms with Gasteiger partial charge < -0.3 is 5.73 Å². The van der Waals surface area contributed by atoms with Crippen LogP contribution in [0.25, 0.3) is 0 Å². The van der Waals surface area contributed by atoms with Gasteiger partial charge in [0, 0.05) is 18.5 Å². The van der Waals surface area contributed by atoms with Crippen molar-refractivity contribution >= 4 is 21.4 Å². The van der Waals surface area contributed by atoms with Gasteiger partial charge in [-0.2, -0.15) is 9.40 Å². The highest BCUT2D eigenvalue weighted by atomic mass is 32.2. The maximum Gasteiger partial charge on any atom is 0.252 e. The highest BCUT2D eigenvalue weighted by molar-refractivity contribution is 7.91. The molecule has 0 spiro atoms. The Labute approximate surface area is 115 Å². The SMILES string of the molecule is Cc1nc(CN(C)S(=O)(=O)c2ccc(CN)s2)n[nH]1. The van der Waals surface area contributed by atoms with Gasteiger partial charge in [-0.25, -0.2) is 13.4 Å². The van der Waals surface area contributed by atoms with Crippen LogP contribution in [0.1, 0.15) is 16.5 Å². The van der Waals surface area contributed by atoms with Crippen LogP contribution in [-0.2, 0) is 23.1 Å². The molecular formula is C10H15N5O2S2. The molecule has 0 aliphatic carbocycles. The van der Waals surface area contributed by atoms with Crippen molar-refractivity contribution in [3.8, 4) is 0 Å². The molecule has 2 rings (SSSR count). The molecule has 2 aromatic rings. The highest BCUT2D eigenvalue weighted by Gasteiger charge is 2.23. The summed E-state index contributed by atoms with van der Waals surface area (Å²) in [4.78, 5) is 4.92. The molecule has 3 N–H and O–H groups in total. The summed E-state index contributed by atoms with van der Waals surface area (Å²) < 4.78 is 26.1. The summed E-state index contributed by atoms with van der Waals surface area (Å²) in [5, 5.41) is 6.61. The zero-order valence-electron chi connectivity index (χ0n) is 10.6. The molecule has 9 heteroatoms. The van der Waals surface area contributed by atoms with E-state index in [1.807, 2.05) is 0 Å². The lowest BCUT2D eigenvalue weighted by Crippen LogP contribution is -2.26. The van der Waals surface area contributed by atoms with E-state index >= 15 is 0 Å². The predicted octanol–water partition coefficient (Wildman–Crippen LogP) is 0.454. The van der Waals surface area contributed by atoms with E-state index in [-0.39, 0.29) is 10.8 Å². The Kier molecular flexibility index (Phi) is 3.99. The number of hydrogen-bond donors (Lipinski definition) is 2. The maximum absolute atomic E-state index is 12.3. The molecule has 2 aromatic heterocycles. The molecular weight excluding hydrogens is 286 g/mol. The number of aryl methyl sites for hydroxylation is 1. The second kappa shape index (κ2) is 5.37. The summed E-state index contributed by atoms with van der Waals surface area (Å²) in [5.74, 6) is 1.10. The van der Waals surface area contributed by atoms with E-state index in [1.54, 1.807) is 19.1 Å². The summed E-state index contributed by atoms with van der Waals surface area (Å²) >= 11 is 1.18. The van der Waals surface area contributed by atoms with Gasteiger partial charge in [0.25, 0.3) is 10.0 Å². The smallest absolute Gasteiger partial charge is 0.252 e. The summed E-state index contributed by atoms with van der Waals surface area (Å²) in [7, 11) is -2.01. The quantitative estimate of drug-likeness (QED) is 0.834. The predicted molar refractivity (Wildman–Crippen MR) is 72.0 cm³/mol. The lowest BCUT2D eigenvalue weighted by molar-refractivity contribution is 0.459. The summed E-state index contributed by atoms with van der Waals surface area (Å²) in [6.07, 6.45) is 0. The average molecular weight is 301 g/mol. The number of aromatic amines is 1. The van der Waals surface area contributed by atoms with Crippen molar-refractivity contribution in [2.45, 2.75) is 24.2 Å². The first-order chi connectivity index (χ1) is 8.93. The Morgan fingerprint density at radius 1 is 1.47 bits per heavy atom. The van der Waals surface area contributed by atoms with Crippen LogP contribution in [0.4, 0.5) is 0 Å². The minimum absolute atomic E-state index is 0.128. The molecule has 104 valence electrons. The molecule has 0 unspecified atom stereocenters. The van der Waals surface area contributed by atoms with Crippen molar-refractivity contribution in [2.75, 3.05) is 7.05 Å². The molecule has 7 nitrogen and oxygen atoms in total. The van der Waals surface area contributed by atoms with E-state index in [4.69, 9.17) is 5.73 Å². The first-order valence-electron chi connectivity index (χ1n) is 5.56. The molecule has 0 atom stereocenters. The van der Waals surface area contributed by atoms with Gasteiger partial charge in [-0.15, -0.1) is 11.3 Å². The minimum Gasteiger partial charge on any atom is -0.326 e. The first-order valence-corrected chi connectivity index (χ1v) is 7.82. The van der Waals surface area contributed by atoms with E-state index in [0.717, 1.165) is 4.88 Å². The van der Waals surface area contributed by atoms with Crippen molar-refractivity contribution < 1.29 is 8.42 Å². The number of sulfonamides is 1. The Balaban J connectivity index is 2.19. The number of hydrogen-bond acceptors (Lipinski definition) is 6. The third kappa shape index (κ3) is 3.00. The highest BCUT2D eigenvalue weighted by Crippen LogP contribution is 2.24. The maximum atomic E-state index is 12.3. The van der Waals surface area contributed by atoms with E-state index in [2.05, 4.69) is 15.2 Å². The zero-order chi connectivity index (χ0) is 14.0. The third-order valence-corrected chi connectivity index (χ3v) is 5.89.